The second-order valence-corrected chi connectivity index (χ2v) is 6.45. The molecule has 1 unspecified atom stereocenters. The predicted octanol–water partition coefficient (Wildman–Crippen LogP) is 3.12. The molecule has 0 saturated carbocycles. The minimum atomic E-state index is -3.86. The first-order valence-electron chi connectivity index (χ1n) is 7.15. The minimum absolute atomic E-state index is 0.0880. The van der Waals surface area contributed by atoms with Crippen LogP contribution in [0.2, 0.25) is 0 Å². The Kier molecular flexibility index (Phi) is 5.39. The molecule has 2 rings (SSSR count). The number of rotatable bonds is 6. The SMILES string of the molecule is CCC(C(=O)OC)c1ccc(OS(=O)(=O)c2ccccc2)cc1. The fourth-order valence-corrected chi connectivity index (χ4v) is 3.15. The Morgan fingerprint density at radius 3 is 2.17 bits per heavy atom. The van der Waals surface area contributed by atoms with Gasteiger partial charge in [-0.1, -0.05) is 37.3 Å². The first-order chi connectivity index (χ1) is 11.0. The van der Waals surface area contributed by atoms with Gasteiger partial charge >= 0.3 is 16.1 Å². The van der Waals surface area contributed by atoms with Gasteiger partial charge in [0.2, 0.25) is 0 Å². The third-order valence-electron chi connectivity index (χ3n) is 3.41. The van der Waals surface area contributed by atoms with E-state index in [1.54, 1.807) is 30.3 Å². The van der Waals surface area contributed by atoms with Crippen LogP contribution in [0.15, 0.2) is 59.5 Å². The standard InChI is InChI=1S/C17H18O5S/c1-3-16(17(18)21-2)13-9-11-14(12-10-13)22-23(19,20)15-7-5-4-6-8-15/h4-12,16H,3H2,1-2H3. The molecule has 0 amide bonds. The molecule has 0 aliphatic rings. The van der Waals surface area contributed by atoms with Gasteiger partial charge in [-0.2, -0.15) is 8.42 Å². The number of benzene rings is 2. The molecule has 2 aromatic rings. The quantitative estimate of drug-likeness (QED) is 0.600. The van der Waals surface area contributed by atoms with Crippen LogP contribution in [0.4, 0.5) is 0 Å². The molecule has 0 heterocycles. The highest BCUT2D eigenvalue weighted by Crippen LogP contribution is 2.25. The van der Waals surface area contributed by atoms with Crippen molar-refractivity contribution >= 4 is 16.1 Å². The van der Waals surface area contributed by atoms with Crippen molar-refractivity contribution in [1.29, 1.82) is 0 Å². The zero-order valence-electron chi connectivity index (χ0n) is 12.9. The van der Waals surface area contributed by atoms with Gasteiger partial charge in [-0.15, -0.1) is 0 Å². The van der Waals surface area contributed by atoms with Crippen LogP contribution in [-0.4, -0.2) is 21.5 Å². The first-order valence-corrected chi connectivity index (χ1v) is 8.56. The summed E-state index contributed by atoms with van der Waals surface area (Å²) in [5.41, 5.74) is 0.754. The van der Waals surface area contributed by atoms with Crippen molar-refractivity contribution in [3.63, 3.8) is 0 Å². The lowest BCUT2D eigenvalue weighted by Gasteiger charge is -2.13. The van der Waals surface area contributed by atoms with Crippen LogP contribution in [0.25, 0.3) is 0 Å². The number of ether oxygens (including phenoxy) is 1. The van der Waals surface area contributed by atoms with E-state index in [1.165, 1.54) is 31.4 Å². The third kappa shape index (κ3) is 4.10. The summed E-state index contributed by atoms with van der Waals surface area (Å²) in [6, 6.07) is 14.3. The zero-order valence-corrected chi connectivity index (χ0v) is 13.7. The molecule has 23 heavy (non-hydrogen) atoms. The normalized spacial score (nSPS) is 12.4. The summed E-state index contributed by atoms with van der Waals surface area (Å²) in [6.45, 7) is 1.88. The Bertz CT molecular complexity index is 751. The van der Waals surface area contributed by atoms with E-state index in [0.29, 0.717) is 6.42 Å². The highest BCUT2D eigenvalue weighted by atomic mass is 32.2. The molecule has 0 aliphatic carbocycles. The summed E-state index contributed by atoms with van der Waals surface area (Å²) in [5.74, 6) is -0.504. The van der Waals surface area contributed by atoms with E-state index < -0.39 is 10.1 Å². The van der Waals surface area contributed by atoms with Gasteiger partial charge in [-0.05, 0) is 36.2 Å². The van der Waals surface area contributed by atoms with E-state index in [1.807, 2.05) is 6.92 Å². The Balaban J connectivity index is 2.19. The lowest BCUT2D eigenvalue weighted by atomic mass is 9.97. The van der Waals surface area contributed by atoms with Crippen LogP contribution in [-0.2, 0) is 19.6 Å². The maximum atomic E-state index is 12.1. The molecular formula is C17H18O5S. The second-order valence-electron chi connectivity index (χ2n) is 4.90. The molecule has 0 aliphatic heterocycles. The largest absolute Gasteiger partial charge is 0.469 e. The Morgan fingerprint density at radius 2 is 1.65 bits per heavy atom. The molecule has 0 spiro atoms. The molecule has 0 aromatic heterocycles. The van der Waals surface area contributed by atoms with Gasteiger partial charge in [0, 0.05) is 0 Å². The van der Waals surface area contributed by atoms with Crippen LogP contribution in [0.1, 0.15) is 24.8 Å². The van der Waals surface area contributed by atoms with Crippen LogP contribution in [0.5, 0.6) is 5.75 Å². The van der Waals surface area contributed by atoms with Crippen molar-refractivity contribution in [2.75, 3.05) is 7.11 Å². The van der Waals surface area contributed by atoms with Gasteiger partial charge in [0.15, 0.2) is 0 Å². The molecule has 0 N–H and O–H groups in total. The van der Waals surface area contributed by atoms with Crippen LogP contribution in [0, 0.1) is 0 Å². The average molecular weight is 334 g/mol. The maximum absolute atomic E-state index is 12.1. The molecular weight excluding hydrogens is 316 g/mol. The topological polar surface area (TPSA) is 69.7 Å². The van der Waals surface area contributed by atoms with Gasteiger partial charge in [-0.3, -0.25) is 4.79 Å². The van der Waals surface area contributed by atoms with E-state index in [-0.39, 0.29) is 22.5 Å². The highest BCUT2D eigenvalue weighted by Gasteiger charge is 2.20. The zero-order chi connectivity index (χ0) is 16.9. The molecule has 0 saturated heterocycles. The van der Waals surface area contributed by atoms with Crippen molar-refractivity contribution < 1.29 is 22.1 Å². The number of carbonyl (C=O) groups excluding carboxylic acids is 1. The van der Waals surface area contributed by atoms with Crippen LogP contribution in [0.3, 0.4) is 0 Å². The molecule has 0 bridgehead atoms. The molecule has 6 heteroatoms. The van der Waals surface area contributed by atoms with E-state index in [9.17, 15) is 13.2 Å². The number of carbonyl (C=O) groups is 1. The van der Waals surface area contributed by atoms with Crippen molar-refractivity contribution in [1.82, 2.24) is 0 Å². The summed E-state index contributed by atoms with van der Waals surface area (Å²) < 4.78 is 34.1. The van der Waals surface area contributed by atoms with Crippen LogP contribution < -0.4 is 4.18 Å². The molecule has 0 fully saturated rings. The Labute approximate surface area is 136 Å². The minimum Gasteiger partial charge on any atom is -0.469 e. The smallest absolute Gasteiger partial charge is 0.339 e. The van der Waals surface area contributed by atoms with Gasteiger partial charge in [0.05, 0.1) is 13.0 Å². The highest BCUT2D eigenvalue weighted by molar-refractivity contribution is 7.87. The molecule has 0 radical (unpaired) electrons. The van der Waals surface area contributed by atoms with E-state index in [0.717, 1.165) is 5.56 Å². The van der Waals surface area contributed by atoms with Crippen LogP contribution >= 0.6 is 0 Å². The van der Waals surface area contributed by atoms with Gasteiger partial charge < -0.3 is 8.92 Å². The van der Waals surface area contributed by atoms with Gasteiger partial charge in [-0.25, -0.2) is 0 Å². The first kappa shape index (κ1) is 17.0. The van der Waals surface area contributed by atoms with E-state index >= 15 is 0 Å². The van der Waals surface area contributed by atoms with Gasteiger partial charge in [0.1, 0.15) is 10.6 Å². The lowest BCUT2D eigenvalue weighted by Crippen LogP contribution is -2.13. The summed E-state index contributed by atoms with van der Waals surface area (Å²) in [6.07, 6.45) is 0.592. The predicted molar refractivity (Wildman–Crippen MR) is 85.7 cm³/mol. The van der Waals surface area contributed by atoms with Gasteiger partial charge in [0.25, 0.3) is 0 Å². The Morgan fingerprint density at radius 1 is 1.04 bits per heavy atom. The Hall–Kier alpha value is -2.34. The van der Waals surface area contributed by atoms with Crippen molar-refractivity contribution in [2.24, 2.45) is 0 Å². The molecule has 122 valence electrons. The van der Waals surface area contributed by atoms with Crippen molar-refractivity contribution in [3.05, 3.63) is 60.2 Å². The van der Waals surface area contributed by atoms with Crippen molar-refractivity contribution in [2.45, 2.75) is 24.2 Å². The summed E-state index contributed by atoms with van der Waals surface area (Å²) >= 11 is 0. The van der Waals surface area contributed by atoms with E-state index in [2.05, 4.69) is 0 Å². The summed E-state index contributed by atoms with van der Waals surface area (Å²) in [5, 5.41) is 0. The number of hydrogen-bond donors (Lipinski definition) is 0. The average Bonchev–Trinajstić information content (AvgIpc) is 2.57. The van der Waals surface area contributed by atoms with Crippen molar-refractivity contribution in [3.8, 4) is 5.75 Å². The fraction of sp³-hybridized carbons (Fsp3) is 0.235. The summed E-state index contributed by atoms with van der Waals surface area (Å²) in [4.78, 5) is 11.8. The monoisotopic (exact) mass is 334 g/mol. The van der Waals surface area contributed by atoms with E-state index in [4.69, 9.17) is 8.92 Å². The second kappa shape index (κ2) is 7.28. The number of esters is 1. The summed E-state index contributed by atoms with van der Waals surface area (Å²) in [7, 11) is -2.52. The molecule has 2 aromatic carbocycles. The molecule has 5 nitrogen and oxygen atoms in total. The lowest BCUT2D eigenvalue weighted by molar-refractivity contribution is -0.142. The fourth-order valence-electron chi connectivity index (χ4n) is 2.20. The maximum Gasteiger partial charge on any atom is 0.339 e. The molecule has 1 atom stereocenters. The number of methoxy groups -OCH3 is 1. The number of hydrogen-bond acceptors (Lipinski definition) is 5. The third-order valence-corrected chi connectivity index (χ3v) is 4.68.